The van der Waals surface area contributed by atoms with E-state index in [0.29, 0.717) is 43.2 Å². The van der Waals surface area contributed by atoms with Crippen molar-refractivity contribution in [2.45, 2.75) is 176 Å². The zero-order valence-electron chi connectivity index (χ0n) is 39.7. The van der Waals surface area contributed by atoms with Gasteiger partial charge in [-0.1, -0.05) is 98.6 Å². The molecule has 1 heterocycles. The molecule has 1 aliphatic heterocycles. The number of carbonyl (C=O) groups is 2. The van der Waals surface area contributed by atoms with E-state index in [1.807, 2.05) is 44.2 Å². The SMILES string of the molecule is CCCC1CC[C@]2(NCC(C)(C)N3CCS(=O)(=O)CC3)CC[C@]3(C)[C@H](CC[C@@H]4[C@@]5(C)CC[C@H](OC(=O)[C@H]6C[C@@H](C(=O)OCc7ccccc7)C6(C)C)C(C)(C)[C@@H]5CC[C@]43C)[C@@H]12. The second-order valence-electron chi connectivity index (χ2n) is 24.3. The van der Waals surface area contributed by atoms with Crippen molar-refractivity contribution in [1.82, 2.24) is 10.2 Å². The molecule has 0 spiro atoms. The number of hydrogen-bond donors (Lipinski definition) is 1. The highest BCUT2D eigenvalue weighted by atomic mass is 32.2. The fourth-order valence-electron chi connectivity index (χ4n) is 16.5. The lowest BCUT2D eigenvalue weighted by atomic mass is 9.32. The molecular formula is C52H82N2O6S. The highest BCUT2D eigenvalue weighted by Gasteiger charge is 2.71. The Labute approximate surface area is 370 Å². The van der Waals surface area contributed by atoms with Crippen LogP contribution in [0.25, 0.3) is 0 Å². The summed E-state index contributed by atoms with van der Waals surface area (Å²) in [5.74, 6) is 2.88. The van der Waals surface area contributed by atoms with Crippen LogP contribution in [0.15, 0.2) is 30.3 Å². The van der Waals surface area contributed by atoms with Gasteiger partial charge in [0.2, 0.25) is 0 Å². The summed E-state index contributed by atoms with van der Waals surface area (Å²) in [5, 5.41) is 4.35. The molecule has 342 valence electrons. The van der Waals surface area contributed by atoms with Gasteiger partial charge in [0.25, 0.3) is 0 Å². The van der Waals surface area contributed by atoms with Crippen LogP contribution in [0, 0.1) is 68.5 Å². The normalized spacial score (nSPS) is 42.5. The van der Waals surface area contributed by atoms with Gasteiger partial charge in [-0.3, -0.25) is 14.5 Å². The third kappa shape index (κ3) is 7.48. The number of fused-ring (bicyclic) bond motifs is 7. The van der Waals surface area contributed by atoms with Gasteiger partial charge >= 0.3 is 11.9 Å². The molecule has 1 aromatic rings. The minimum Gasteiger partial charge on any atom is -0.462 e. The number of nitrogens with zero attached hydrogens (tertiary/aromatic N) is 1. The maximum atomic E-state index is 14.1. The van der Waals surface area contributed by atoms with Crippen LogP contribution in [-0.4, -0.2) is 73.6 Å². The summed E-state index contributed by atoms with van der Waals surface area (Å²) in [6.45, 7) is 26.4. The summed E-state index contributed by atoms with van der Waals surface area (Å²) in [5.41, 5.74) is 1.11. The first kappa shape index (κ1) is 45.6. The lowest BCUT2D eigenvalue weighted by molar-refractivity contribution is -0.249. The Kier molecular flexibility index (Phi) is 11.9. The molecule has 8 nitrogen and oxygen atoms in total. The first-order valence-corrected chi connectivity index (χ1v) is 26.5. The fourth-order valence-corrected chi connectivity index (χ4v) is 17.7. The van der Waals surface area contributed by atoms with Gasteiger partial charge in [0.15, 0.2) is 9.84 Å². The molecule has 1 N–H and O–H groups in total. The first-order chi connectivity index (χ1) is 28.5. The lowest BCUT2D eigenvalue weighted by Crippen LogP contribution is -2.69. The number of nitrogens with one attached hydrogen (secondary N) is 1. The summed E-state index contributed by atoms with van der Waals surface area (Å²) >= 11 is 0. The molecule has 61 heavy (non-hydrogen) atoms. The molecule has 1 unspecified atom stereocenters. The van der Waals surface area contributed by atoms with Crippen molar-refractivity contribution in [3.63, 3.8) is 0 Å². The quantitative estimate of drug-likeness (QED) is 0.220. The Morgan fingerprint density at radius 3 is 2.15 bits per heavy atom. The molecule has 6 aliphatic carbocycles. The number of ether oxygens (including phenoxy) is 2. The molecule has 7 aliphatic rings. The average molecular weight is 863 g/mol. The predicted octanol–water partition coefficient (Wildman–Crippen LogP) is 10.0. The van der Waals surface area contributed by atoms with Gasteiger partial charge in [0, 0.05) is 36.1 Å². The molecule has 0 bridgehead atoms. The van der Waals surface area contributed by atoms with Gasteiger partial charge in [-0.25, -0.2) is 8.42 Å². The second-order valence-corrected chi connectivity index (χ2v) is 26.6. The van der Waals surface area contributed by atoms with Crippen molar-refractivity contribution in [3.05, 3.63) is 35.9 Å². The molecular weight excluding hydrogens is 781 g/mol. The van der Waals surface area contributed by atoms with Crippen molar-refractivity contribution in [2.75, 3.05) is 31.1 Å². The molecule has 0 radical (unpaired) electrons. The van der Waals surface area contributed by atoms with E-state index < -0.39 is 15.3 Å². The zero-order chi connectivity index (χ0) is 44.0. The number of carbonyl (C=O) groups excluding carboxylic acids is 2. The minimum absolute atomic E-state index is 0.0947. The van der Waals surface area contributed by atoms with Gasteiger partial charge in [0.05, 0.1) is 23.3 Å². The van der Waals surface area contributed by atoms with Gasteiger partial charge < -0.3 is 14.8 Å². The summed E-state index contributed by atoms with van der Waals surface area (Å²) < 4.78 is 36.9. The summed E-state index contributed by atoms with van der Waals surface area (Å²) in [7, 11) is -2.92. The van der Waals surface area contributed by atoms with Crippen LogP contribution in [-0.2, 0) is 35.5 Å². The highest BCUT2D eigenvalue weighted by Crippen LogP contribution is 2.76. The van der Waals surface area contributed by atoms with E-state index in [1.165, 1.54) is 64.2 Å². The van der Waals surface area contributed by atoms with E-state index in [9.17, 15) is 18.0 Å². The summed E-state index contributed by atoms with van der Waals surface area (Å²) in [4.78, 5) is 29.7. The Morgan fingerprint density at radius 2 is 1.48 bits per heavy atom. The van der Waals surface area contributed by atoms with E-state index in [2.05, 4.69) is 65.6 Å². The Bertz CT molecular complexity index is 1900. The van der Waals surface area contributed by atoms with E-state index in [1.54, 1.807) is 0 Å². The molecule has 6 saturated carbocycles. The molecule has 7 fully saturated rings. The highest BCUT2D eigenvalue weighted by molar-refractivity contribution is 7.91. The Hall–Kier alpha value is -1.97. The molecule has 8 rings (SSSR count). The van der Waals surface area contributed by atoms with E-state index in [4.69, 9.17) is 9.47 Å². The Balaban J connectivity index is 0.947. The monoisotopic (exact) mass is 863 g/mol. The van der Waals surface area contributed by atoms with Crippen LogP contribution in [0.3, 0.4) is 0 Å². The van der Waals surface area contributed by atoms with E-state index in [0.717, 1.165) is 30.9 Å². The standard InChI is InChI=1S/C52H82N2O6S/c1-11-15-36-20-25-52(53-34-46(2,3)54-28-30-61(57,58)31-29-54)27-26-50(9)37(43(36)52)18-19-41-49(8)23-22-42(48(6,7)40(49)21-24-51(41,50)10)60-45(56)39-32-38(47(39,4)5)44(55)59-33-35-16-13-12-14-17-35/h12-14,16-17,36-43,53H,11,15,18-34H2,1-10H3/t36?,37-,38+,39-,40+,41-,42+,43-,49+,50-,51-,52+/m1/s1. The van der Waals surface area contributed by atoms with Crippen molar-refractivity contribution in [2.24, 2.45) is 68.5 Å². The number of hydrogen-bond acceptors (Lipinski definition) is 8. The van der Waals surface area contributed by atoms with Crippen LogP contribution in [0.4, 0.5) is 0 Å². The molecule has 9 heteroatoms. The fraction of sp³-hybridized carbons (Fsp3) is 0.846. The van der Waals surface area contributed by atoms with Crippen molar-refractivity contribution >= 4 is 21.8 Å². The van der Waals surface area contributed by atoms with Gasteiger partial charge in [-0.2, -0.15) is 0 Å². The smallest absolute Gasteiger partial charge is 0.309 e. The summed E-state index contributed by atoms with van der Waals surface area (Å²) in [6.07, 6.45) is 15.1. The third-order valence-electron chi connectivity index (χ3n) is 20.6. The predicted molar refractivity (Wildman–Crippen MR) is 243 cm³/mol. The first-order valence-electron chi connectivity index (χ1n) is 24.7. The van der Waals surface area contributed by atoms with E-state index in [-0.39, 0.29) is 80.7 Å². The molecule has 1 aromatic carbocycles. The number of rotatable bonds is 11. The maximum Gasteiger partial charge on any atom is 0.309 e. The number of esters is 2. The zero-order valence-corrected chi connectivity index (χ0v) is 40.6. The van der Waals surface area contributed by atoms with Crippen LogP contribution < -0.4 is 5.32 Å². The largest absolute Gasteiger partial charge is 0.462 e. The van der Waals surface area contributed by atoms with E-state index >= 15 is 0 Å². The van der Waals surface area contributed by atoms with Crippen LogP contribution >= 0.6 is 0 Å². The Morgan fingerprint density at radius 1 is 0.787 bits per heavy atom. The van der Waals surface area contributed by atoms with Crippen LogP contribution in [0.2, 0.25) is 0 Å². The third-order valence-corrected chi connectivity index (χ3v) is 22.2. The van der Waals surface area contributed by atoms with Crippen molar-refractivity contribution in [1.29, 1.82) is 0 Å². The van der Waals surface area contributed by atoms with Crippen LogP contribution in [0.1, 0.15) is 158 Å². The average Bonchev–Trinajstić information content (AvgIpc) is 3.56. The van der Waals surface area contributed by atoms with Gasteiger partial charge in [-0.05, 0) is 141 Å². The minimum atomic E-state index is -2.92. The van der Waals surface area contributed by atoms with Crippen molar-refractivity contribution < 1.29 is 27.5 Å². The molecule has 12 atom stereocenters. The second kappa shape index (κ2) is 15.9. The van der Waals surface area contributed by atoms with Crippen LogP contribution in [0.5, 0.6) is 0 Å². The van der Waals surface area contributed by atoms with Gasteiger partial charge in [-0.15, -0.1) is 0 Å². The summed E-state index contributed by atoms with van der Waals surface area (Å²) in [6, 6.07) is 9.78. The van der Waals surface area contributed by atoms with Gasteiger partial charge in [0.1, 0.15) is 12.7 Å². The van der Waals surface area contributed by atoms with Crippen molar-refractivity contribution in [3.8, 4) is 0 Å². The lowest BCUT2D eigenvalue weighted by Gasteiger charge is -2.73. The topological polar surface area (TPSA) is 102 Å². The number of benzene rings is 1. The number of sulfone groups is 1. The molecule has 0 aromatic heterocycles. The molecule has 1 saturated heterocycles. The maximum absolute atomic E-state index is 14.1. The molecule has 0 amide bonds.